The van der Waals surface area contributed by atoms with Crippen LogP contribution in [0.2, 0.25) is 0 Å². The fraction of sp³-hybridized carbons (Fsp3) is 0.333. The van der Waals surface area contributed by atoms with Crippen LogP contribution in [0.5, 0.6) is 5.75 Å². The number of likely N-dealkylation sites (tertiary alicyclic amines) is 1. The quantitative estimate of drug-likeness (QED) is 0.678. The average molecular weight is 420 g/mol. The summed E-state index contributed by atoms with van der Waals surface area (Å²) in [6.07, 6.45) is 2.74. The molecule has 3 heterocycles. The van der Waals surface area contributed by atoms with Crippen LogP contribution in [0.1, 0.15) is 40.7 Å². The average Bonchev–Trinajstić information content (AvgIpc) is 3.27. The number of thiazole rings is 1. The number of amides is 1. The zero-order chi connectivity index (χ0) is 20.6. The van der Waals surface area contributed by atoms with Crippen molar-refractivity contribution in [3.05, 3.63) is 70.5 Å². The maximum Gasteiger partial charge on any atom is 0.280 e. The van der Waals surface area contributed by atoms with E-state index in [1.54, 1.807) is 0 Å². The molecule has 5 nitrogen and oxygen atoms in total. The van der Waals surface area contributed by atoms with Crippen LogP contribution in [0, 0.1) is 0 Å². The summed E-state index contributed by atoms with van der Waals surface area (Å²) in [5, 5.41) is 5.70. The number of nitrogens with zero attached hydrogens (tertiary/aromatic N) is 2. The SMILES string of the molecule is CN1CCC2(CC1)CC(NC(=O)c1nc(-c3ccccc3)cs1)c1ccccc1O2. The maximum atomic E-state index is 13.1. The number of carbonyl (C=O) groups excluding carboxylic acids is 1. The second kappa shape index (κ2) is 7.85. The van der Waals surface area contributed by atoms with Crippen molar-refractivity contribution in [2.45, 2.75) is 30.9 Å². The fourth-order valence-corrected chi connectivity index (χ4v) is 5.15. The molecule has 0 aliphatic carbocycles. The smallest absolute Gasteiger partial charge is 0.280 e. The first-order chi connectivity index (χ1) is 14.6. The Balaban J connectivity index is 1.38. The van der Waals surface area contributed by atoms with E-state index in [-0.39, 0.29) is 17.6 Å². The summed E-state index contributed by atoms with van der Waals surface area (Å²) in [5.41, 5.74) is 2.70. The minimum absolute atomic E-state index is 0.0741. The summed E-state index contributed by atoms with van der Waals surface area (Å²) in [6, 6.07) is 18.0. The van der Waals surface area contributed by atoms with E-state index in [4.69, 9.17) is 4.74 Å². The first kappa shape index (κ1) is 19.3. The molecule has 1 fully saturated rings. The molecule has 1 unspecified atom stereocenters. The first-order valence-corrected chi connectivity index (χ1v) is 11.3. The van der Waals surface area contributed by atoms with Gasteiger partial charge in [0.25, 0.3) is 5.91 Å². The molecular formula is C24H25N3O2S. The molecule has 6 heteroatoms. The first-order valence-electron chi connectivity index (χ1n) is 10.4. The van der Waals surface area contributed by atoms with Gasteiger partial charge in [-0.2, -0.15) is 0 Å². The van der Waals surface area contributed by atoms with Crippen LogP contribution in [0.4, 0.5) is 0 Å². The highest BCUT2D eigenvalue weighted by molar-refractivity contribution is 7.12. The highest BCUT2D eigenvalue weighted by atomic mass is 32.1. The Bertz CT molecular complexity index is 1040. The lowest BCUT2D eigenvalue weighted by Crippen LogP contribution is -2.51. The van der Waals surface area contributed by atoms with E-state index in [1.807, 2.05) is 53.9 Å². The van der Waals surface area contributed by atoms with Gasteiger partial charge < -0.3 is 15.0 Å². The molecule has 30 heavy (non-hydrogen) atoms. The Morgan fingerprint density at radius 3 is 2.67 bits per heavy atom. The van der Waals surface area contributed by atoms with Crippen molar-refractivity contribution in [2.24, 2.45) is 0 Å². The van der Waals surface area contributed by atoms with Gasteiger partial charge in [0.15, 0.2) is 5.01 Å². The number of hydrogen-bond acceptors (Lipinski definition) is 5. The van der Waals surface area contributed by atoms with E-state index in [0.29, 0.717) is 5.01 Å². The summed E-state index contributed by atoms with van der Waals surface area (Å²) < 4.78 is 6.50. The topological polar surface area (TPSA) is 54.5 Å². The van der Waals surface area contributed by atoms with Gasteiger partial charge in [-0.25, -0.2) is 4.98 Å². The van der Waals surface area contributed by atoms with Crippen LogP contribution in [-0.4, -0.2) is 41.5 Å². The number of hydrogen-bond donors (Lipinski definition) is 1. The monoisotopic (exact) mass is 419 g/mol. The normalized spacial score (nSPS) is 20.4. The minimum Gasteiger partial charge on any atom is -0.487 e. The fourth-order valence-electron chi connectivity index (χ4n) is 4.42. The number of para-hydroxylation sites is 1. The molecule has 2 aromatic carbocycles. The number of aromatic nitrogens is 1. The molecule has 2 aliphatic rings. The molecule has 3 aromatic rings. The summed E-state index contributed by atoms with van der Waals surface area (Å²) in [6.45, 7) is 2.02. The van der Waals surface area contributed by atoms with Gasteiger partial charge in [0, 0.05) is 36.0 Å². The summed E-state index contributed by atoms with van der Waals surface area (Å²) in [7, 11) is 2.15. The van der Waals surface area contributed by atoms with E-state index in [2.05, 4.69) is 28.3 Å². The molecule has 0 saturated carbocycles. The zero-order valence-electron chi connectivity index (χ0n) is 17.0. The Hall–Kier alpha value is -2.70. The number of rotatable bonds is 3. The summed E-state index contributed by atoms with van der Waals surface area (Å²) >= 11 is 1.39. The largest absolute Gasteiger partial charge is 0.487 e. The Morgan fingerprint density at radius 2 is 1.87 bits per heavy atom. The molecular weight excluding hydrogens is 394 g/mol. The Kier molecular flexibility index (Phi) is 5.05. The highest BCUT2D eigenvalue weighted by Crippen LogP contribution is 2.44. The summed E-state index contributed by atoms with van der Waals surface area (Å²) in [4.78, 5) is 20.0. The molecule has 1 aromatic heterocycles. The number of nitrogens with one attached hydrogen (secondary N) is 1. The third-order valence-electron chi connectivity index (χ3n) is 6.17. The molecule has 0 bridgehead atoms. The zero-order valence-corrected chi connectivity index (χ0v) is 17.8. The minimum atomic E-state index is -0.211. The molecule has 1 spiro atoms. The van der Waals surface area contributed by atoms with Crippen LogP contribution in [0.15, 0.2) is 60.0 Å². The van der Waals surface area contributed by atoms with Crippen LogP contribution in [-0.2, 0) is 0 Å². The van der Waals surface area contributed by atoms with Crippen molar-refractivity contribution >= 4 is 17.2 Å². The van der Waals surface area contributed by atoms with Crippen LogP contribution < -0.4 is 10.1 Å². The predicted octanol–water partition coefficient (Wildman–Crippen LogP) is 4.53. The van der Waals surface area contributed by atoms with Gasteiger partial charge in [-0.1, -0.05) is 48.5 Å². The molecule has 1 saturated heterocycles. The van der Waals surface area contributed by atoms with E-state index >= 15 is 0 Å². The van der Waals surface area contributed by atoms with Gasteiger partial charge in [-0.05, 0) is 26.0 Å². The molecule has 154 valence electrons. The molecule has 1 atom stereocenters. The number of ether oxygens (including phenoxy) is 1. The Labute approximate surface area is 180 Å². The number of piperidine rings is 1. The van der Waals surface area contributed by atoms with E-state index in [1.165, 1.54) is 11.3 Å². The van der Waals surface area contributed by atoms with E-state index in [9.17, 15) is 4.79 Å². The van der Waals surface area contributed by atoms with Crippen LogP contribution >= 0.6 is 11.3 Å². The molecule has 2 aliphatic heterocycles. The van der Waals surface area contributed by atoms with Crippen molar-refractivity contribution < 1.29 is 9.53 Å². The standard InChI is InChI=1S/C24H25N3O2S/c1-27-13-11-24(12-14-27)15-19(18-9-5-6-10-21(18)29-24)25-22(28)23-26-20(16-30-23)17-7-3-2-4-8-17/h2-10,16,19H,11-15H2,1H3,(H,25,28). The predicted molar refractivity (Wildman–Crippen MR) is 119 cm³/mol. The van der Waals surface area contributed by atoms with Gasteiger partial charge in [0.2, 0.25) is 0 Å². The second-order valence-electron chi connectivity index (χ2n) is 8.26. The number of carbonyl (C=O) groups is 1. The van der Waals surface area contributed by atoms with Crippen LogP contribution in [0.25, 0.3) is 11.3 Å². The lowest BCUT2D eigenvalue weighted by molar-refractivity contribution is -0.0195. The van der Waals surface area contributed by atoms with Crippen LogP contribution in [0.3, 0.4) is 0 Å². The van der Waals surface area contributed by atoms with E-state index < -0.39 is 0 Å². The van der Waals surface area contributed by atoms with Crippen molar-refractivity contribution in [3.63, 3.8) is 0 Å². The van der Waals surface area contributed by atoms with Gasteiger partial charge in [-0.3, -0.25) is 4.79 Å². The number of fused-ring (bicyclic) bond motifs is 1. The maximum absolute atomic E-state index is 13.1. The number of benzene rings is 2. The molecule has 0 radical (unpaired) electrons. The molecule has 1 amide bonds. The Morgan fingerprint density at radius 1 is 1.13 bits per heavy atom. The highest BCUT2D eigenvalue weighted by Gasteiger charge is 2.43. The van der Waals surface area contributed by atoms with Gasteiger partial charge in [0.1, 0.15) is 11.4 Å². The third kappa shape index (κ3) is 3.73. The van der Waals surface area contributed by atoms with Crippen molar-refractivity contribution in [3.8, 4) is 17.0 Å². The van der Waals surface area contributed by atoms with Crippen molar-refractivity contribution in [1.29, 1.82) is 0 Å². The van der Waals surface area contributed by atoms with Gasteiger partial charge in [0.05, 0.1) is 11.7 Å². The molecule has 5 rings (SSSR count). The lowest BCUT2D eigenvalue weighted by Gasteiger charge is -2.46. The van der Waals surface area contributed by atoms with Gasteiger partial charge in [-0.15, -0.1) is 11.3 Å². The van der Waals surface area contributed by atoms with Crippen molar-refractivity contribution in [1.82, 2.24) is 15.2 Å². The van der Waals surface area contributed by atoms with E-state index in [0.717, 1.165) is 54.9 Å². The third-order valence-corrected chi connectivity index (χ3v) is 7.01. The summed E-state index contributed by atoms with van der Waals surface area (Å²) in [5.74, 6) is 0.773. The second-order valence-corrected chi connectivity index (χ2v) is 9.12. The lowest BCUT2D eigenvalue weighted by atomic mass is 9.80. The van der Waals surface area contributed by atoms with Crippen molar-refractivity contribution in [2.75, 3.05) is 20.1 Å². The van der Waals surface area contributed by atoms with Gasteiger partial charge >= 0.3 is 0 Å². The molecule has 1 N–H and O–H groups in total.